The van der Waals surface area contributed by atoms with Crippen molar-refractivity contribution in [2.75, 3.05) is 7.11 Å². The summed E-state index contributed by atoms with van der Waals surface area (Å²) >= 11 is 0. The normalized spacial score (nSPS) is 11.2. The minimum atomic E-state index is -4.29. The van der Waals surface area contributed by atoms with Gasteiger partial charge in [-0.25, -0.2) is 0 Å². The Morgan fingerprint density at radius 3 is 2.25 bits per heavy atom. The Morgan fingerprint density at radius 2 is 1.88 bits per heavy atom. The van der Waals surface area contributed by atoms with Crippen LogP contribution in [-0.2, 0) is 17.6 Å². The second kappa shape index (κ2) is 5.03. The molecule has 0 atom stereocenters. The number of nitrogens with zero attached hydrogens (tertiary/aromatic N) is 1. The molecule has 0 bridgehead atoms. The molecule has 0 aliphatic rings. The Kier molecular flexibility index (Phi) is 3.95. The van der Waals surface area contributed by atoms with Gasteiger partial charge in [-0.3, -0.25) is 9.90 Å². The first-order valence-electron chi connectivity index (χ1n) is 4.57. The van der Waals surface area contributed by atoms with E-state index in [1.807, 2.05) is 0 Å². The van der Waals surface area contributed by atoms with Crippen LogP contribution in [0.3, 0.4) is 0 Å². The molecule has 2 nitrogen and oxygen atoms in total. The first-order valence-corrected chi connectivity index (χ1v) is 4.57. The molecule has 0 aromatic heterocycles. The Labute approximate surface area is 91.9 Å². The summed E-state index contributed by atoms with van der Waals surface area (Å²) in [5.74, 6) is 0. The van der Waals surface area contributed by atoms with Crippen LogP contribution < -0.4 is 0 Å². The topological polar surface area (TPSA) is 12.5 Å². The van der Waals surface area contributed by atoms with Gasteiger partial charge >= 0.3 is 6.18 Å². The van der Waals surface area contributed by atoms with Crippen LogP contribution in [0.4, 0.5) is 13.2 Å². The summed E-state index contributed by atoms with van der Waals surface area (Å²) in [6.07, 6.45) is -2.84. The second-order valence-corrected chi connectivity index (χ2v) is 3.14. The van der Waals surface area contributed by atoms with E-state index in [1.54, 1.807) is 0 Å². The standard InChI is InChI=1S/C11H12F3NO/c1-3-15(16-2)8-9-4-6-10(7-5-9)11(12,13)14/h3-7H,1,8H2,2H3. The average Bonchev–Trinajstić information content (AvgIpc) is 2.25. The number of alkyl halides is 3. The molecule has 0 fully saturated rings. The van der Waals surface area contributed by atoms with Gasteiger partial charge in [0.15, 0.2) is 0 Å². The molecular formula is C11H12F3NO. The average molecular weight is 231 g/mol. The van der Waals surface area contributed by atoms with Crippen molar-refractivity contribution in [2.24, 2.45) is 0 Å². The van der Waals surface area contributed by atoms with E-state index in [4.69, 9.17) is 4.84 Å². The summed E-state index contributed by atoms with van der Waals surface area (Å²) in [5, 5.41) is 1.42. The van der Waals surface area contributed by atoms with Crippen LogP contribution >= 0.6 is 0 Å². The lowest BCUT2D eigenvalue weighted by Gasteiger charge is -2.16. The van der Waals surface area contributed by atoms with E-state index in [1.165, 1.54) is 30.5 Å². The molecule has 0 aliphatic carbocycles. The smallest absolute Gasteiger partial charge is 0.277 e. The van der Waals surface area contributed by atoms with Crippen molar-refractivity contribution < 1.29 is 18.0 Å². The summed E-state index contributed by atoms with van der Waals surface area (Å²) < 4.78 is 36.8. The highest BCUT2D eigenvalue weighted by Crippen LogP contribution is 2.29. The van der Waals surface area contributed by atoms with Gasteiger partial charge in [-0.15, -0.1) is 0 Å². The molecule has 0 unspecified atom stereocenters. The second-order valence-electron chi connectivity index (χ2n) is 3.14. The van der Waals surface area contributed by atoms with Crippen molar-refractivity contribution in [3.8, 4) is 0 Å². The van der Waals surface area contributed by atoms with Crippen molar-refractivity contribution in [2.45, 2.75) is 12.7 Å². The predicted molar refractivity (Wildman–Crippen MR) is 54.2 cm³/mol. The van der Waals surface area contributed by atoms with E-state index >= 15 is 0 Å². The minimum absolute atomic E-state index is 0.359. The first-order chi connectivity index (χ1) is 7.47. The fraction of sp³-hybridized carbons (Fsp3) is 0.273. The third-order valence-electron chi connectivity index (χ3n) is 2.06. The lowest BCUT2D eigenvalue weighted by molar-refractivity contribution is -0.137. The Hall–Kier alpha value is -1.49. The van der Waals surface area contributed by atoms with Crippen LogP contribution in [0.5, 0.6) is 0 Å². The number of halogens is 3. The molecule has 5 heteroatoms. The summed E-state index contributed by atoms with van der Waals surface area (Å²) in [7, 11) is 1.46. The molecule has 0 spiro atoms. The number of hydroxylamine groups is 2. The van der Waals surface area contributed by atoms with E-state index in [0.717, 1.165) is 17.7 Å². The van der Waals surface area contributed by atoms with Crippen molar-refractivity contribution in [3.63, 3.8) is 0 Å². The number of hydrogen-bond donors (Lipinski definition) is 0. The molecule has 0 N–H and O–H groups in total. The first kappa shape index (κ1) is 12.6. The molecule has 1 rings (SSSR count). The zero-order chi connectivity index (χ0) is 12.2. The van der Waals surface area contributed by atoms with Crippen LogP contribution in [0.25, 0.3) is 0 Å². The molecule has 88 valence electrons. The molecule has 0 amide bonds. The monoisotopic (exact) mass is 231 g/mol. The lowest BCUT2D eigenvalue weighted by Crippen LogP contribution is -2.14. The van der Waals surface area contributed by atoms with E-state index in [-0.39, 0.29) is 0 Å². The molecule has 16 heavy (non-hydrogen) atoms. The SMILES string of the molecule is C=CN(Cc1ccc(C(F)(F)F)cc1)OC. The lowest BCUT2D eigenvalue weighted by atomic mass is 10.1. The highest BCUT2D eigenvalue weighted by molar-refractivity contribution is 5.24. The van der Waals surface area contributed by atoms with Gasteiger partial charge in [0, 0.05) is 6.20 Å². The van der Waals surface area contributed by atoms with Gasteiger partial charge in [0.05, 0.1) is 19.2 Å². The van der Waals surface area contributed by atoms with Crippen LogP contribution in [-0.4, -0.2) is 12.2 Å². The zero-order valence-electron chi connectivity index (χ0n) is 8.79. The summed E-state index contributed by atoms with van der Waals surface area (Å²) in [6, 6.07) is 4.93. The molecule has 1 aromatic carbocycles. The summed E-state index contributed by atoms with van der Waals surface area (Å²) in [6.45, 7) is 3.87. The molecular weight excluding hydrogens is 219 g/mol. The molecule has 0 saturated carbocycles. The van der Waals surface area contributed by atoms with Crippen molar-refractivity contribution in [3.05, 3.63) is 48.2 Å². The van der Waals surface area contributed by atoms with Crippen LogP contribution in [0.2, 0.25) is 0 Å². The van der Waals surface area contributed by atoms with Gasteiger partial charge in [0.25, 0.3) is 0 Å². The van der Waals surface area contributed by atoms with E-state index in [2.05, 4.69) is 6.58 Å². The number of hydrogen-bond acceptors (Lipinski definition) is 2. The quantitative estimate of drug-likeness (QED) is 0.738. The predicted octanol–water partition coefficient (Wildman–Crippen LogP) is 3.21. The van der Waals surface area contributed by atoms with Gasteiger partial charge in [0.2, 0.25) is 0 Å². The fourth-order valence-corrected chi connectivity index (χ4v) is 1.18. The van der Waals surface area contributed by atoms with Gasteiger partial charge in [-0.05, 0) is 17.7 Å². The van der Waals surface area contributed by atoms with Gasteiger partial charge in [-0.1, -0.05) is 18.7 Å². The maximum absolute atomic E-state index is 12.3. The minimum Gasteiger partial charge on any atom is -0.277 e. The highest BCUT2D eigenvalue weighted by Gasteiger charge is 2.29. The largest absolute Gasteiger partial charge is 0.416 e. The van der Waals surface area contributed by atoms with Crippen molar-refractivity contribution in [1.82, 2.24) is 5.06 Å². The van der Waals surface area contributed by atoms with E-state index in [0.29, 0.717) is 6.54 Å². The van der Waals surface area contributed by atoms with Gasteiger partial charge < -0.3 is 0 Å². The maximum atomic E-state index is 12.3. The summed E-state index contributed by atoms with van der Waals surface area (Å²) in [4.78, 5) is 4.89. The van der Waals surface area contributed by atoms with E-state index < -0.39 is 11.7 Å². The third kappa shape index (κ3) is 3.27. The van der Waals surface area contributed by atoms with Crippen molar-refractivity contribution in [1.29, 1.82) is 0 Å². The molecule has 0 saturated heterocycles. The molecule has 0 radical (unpaired) electrons. The zero-order valence-corrected chi connectivity index (χ0v) is 8.79. The fourth-order valence-electron chi connectivity index (χ4n) is 1.18. The summed E-state index contributed by atoms with van der Waals surface area (Å²) in [5.41, 5.74) is 0.0635. The maximum Gasteiger partial charge on any atom is 0.416 e. The highest BCUT2D eigenvalue weighted by atomic mass is 19.4. The van der Waals surface area contributed by atoms with Crippen molar-refractivity contribution >= 4 is 0 Å². The van der Waals surface area contributed by atoms with Gasteiger partial charge in [-0.2, -0.15) is 13.2 Å². The number of rotatable bonds is 4. The Morgan fingerprint density at radius 1 is 1.31 bits per heavy atom. The van der Waals surface area contributed by atoms with Crippen LogP contribution in [0, 0.1) is 0 Å². The molecule has 0 aliphatic heterocycles. The molecule has 1 aromatic rings. The van der Waals surface area contributed by atoms with Crippen LogP contribution in [0.1, 0.15) is 11.1 Å². The Bertz CT molecular complexity index is 345. The van der Waals surface area contributed by atoms with Gasteiger partial charge in [0.1, 0.15) is 0 Å². The number of benzene rings is 1. The molecule has 0 heterocycles. The van der Waals surface area contributed by atoms with Crippen LogP contribution in [0.15, 0.2) is 37.0 Å². The Balaban J connectivity index is 2.75. The van der Waals surface area contributed by atoms with E-state index in [9.17, 15) is 13.2 Å². The third-order valence-corrected chi connectivity index (χ3v) is 2.06.